The van der Waals surface area contributed by atoms with Gasteiger partial charge in [0.05, 0.1) is 18.2 Å². The average Bonchev–Trinajstić information content (AvgIpc) is 2.54. The second-order valence-electron chi connectivity index (χ2n) is 6.09. The van der Waals surface area contributed by atoms with Crippen molar-refractivity contribution in [3.63, 3.8) is 0 Å². The number of carbonyl (C=O) groups excluding carboxylic acids is 1. The van der Waals surface area contributed by atoms with Crippen molar-refractivity contribution in [3.8, 4) is 12.3 Å². The van der Waals surface area contributed by atoms with Gasteiger partial charge in [0.2, 0.25) is 0 Å². The second kappa shape index (κ2) is 7.28. The van der Waals surface area contributed by atoms with Crippen LogP contribution in [-0.4, -0.2) is 35.2 Å². The van der Waals surface area contributed by atoms with Crippen LogP contribution < -0.4 is 10.6 Å². The molecule has 2 unspecified atom stereocenters. The van der Waals surface area contributed by atoms with E-state index in [9.17, 15) is 9.90 Å². The van der Waals surface area contributed by atoms with E-state index in [-0.39, 0.29) is 24.0 Å². The van der Waals surface area contributed by atoms with Crippen molar-refractivity contribution in [1.29, 1.82) is 0 Å². The first-order valence-electron chi connectivity index (χ1n) is 7.65. The van der Waals surface area contributed by atoms with Crippen LogP contribution in [0.1, 0.15) is 43.0 Å². The number of anilines is 1. The van der Waals surface area contributed by atoms with Crippen molar-refractivity contribution in [2.75, 3.05) is 18.4 Å². The van der Waals surface area contributed by atoms with E-state index in [1.165, 1.54) is 6.20 Å². The highest BCUT2D eigenvalue weighted by Crippen LogP contribution is 2.36. The van der Waals surface area contributed by atoms with E-state index in [0.29, 0.717) is 17.9 Å². The summed E-state index contributed by atoms with van der Waals surface area (Å²) in [5.74, 6) is 2.83. The Kier molecular flexibility index (Phi) is 5.40. The second-order valence-corrected chi connectivity index (χ2v) is 6.09. The molecule has 22 heavy (non-hydrogen) atoms. The van der Waals surface area contributed by atoms with E-state index in [1.807, 2.05) is 0 Å². The van der Waals surface area contributed by atoms with Crippen molar-refractivity contribution in [1.82, 2.24) is 10.3 Å². The summed E-state index contributed by atoms with van der Waals surface area (Å²) in [7, 11) is 0. The highest BCUT2D eigenvalue weighted by molar-refractivity contribution is 5.94. The molecule has 118 valence electrons. The molecule has 0 spiro atoms. The fourth-order valence-electron chi connectivity index (χ4n) is 2.75. The molecule has 1 fully saturated rings. The van der Waals surface area contributed by atoms with E-state index >= 15 is 0 Å². The number of terminal acetylenes is 1. The Morgan fingerprint density at radius 3 is 3.00 bits per heavy atom. The minimum atomic E-state index is -0.275. The van der Waals surface area contributed by atoms with Crippen LogP contribution in [0.2, 0.25) is 0 Å². The number of aliphatic hydroxyl groups is 1. The van der Waals surface area contributed by atoms with Crippen molar-refractivity contribution >= 4 is 11.7 Å². The van der Waals surface area contributed by atoms with Crippen LogP contribution >= 0.6 is 0 Å². The lowest BCUT2D eigenvalue weighted by Gasteiger charge is -2.38. The monoisotopic (exact) mass is 301 g/mol. The predicted molar refractivity (Wildman–Crippen MR) is 86.5 cm³/mol. The van der Waals surface area contributed by atoms with Crippen LogP contribution in [0.4, 0.5) is 5.82 Å². The lowest BCUT2D eigenvalue weighted by molar-refractivity contribution is 0.00958. The molecule has 1 aromatic rings. The zero-order chi connectivity index (χ0) is 16.0. The van der Waals surface area contributed by atoms with Gasteiger partial charge < -0.3 is 15.7 Å². The van der Waals surface area contributed by atoms with Crippen LogP contribution in [0.5, 0.6) is 0 Å². The molecule has 2 rings (SSSR count). The molecule has 0 saturated heterocycles. The molecule has 0 aromatic carbocycles. The molecule has 1 aliphatic carbocycles. The quantitative estimate of drug-likeness (QED) is 0.725. The largest absolute Gasteiger partial charge is 0.392 e. The molecule has 1 amide bonds. The third kappa shape index (κ3) is 3.99. The summed E-state index contributed by atoms with van der Waals surface area (Å²) in [6.07, 6.45) is 10.5. The van der Waals surface area contributed by atoms with Crippen molar-refractivity contribution in [3.05, 3.63) is 23.9 Å². The van der Waals surface area contributed by atoms with E-state index < -0.39 is 0 Å². The molecular weight excluding hydrogens is 278 g/mol. The Bertz CT molecular complexity index is 550. The van der Waals surface area contributed by atoms with Crippen molar-refractivity contribution in [2.45, 2.75) is 38.7 Å². The van der Waals surface area contributed by atoms with Crippen molar-refractivity contribution in [2.24, 2.45) is 5.41 Å². The predicted octanol–water partition coefficient (Wildman–Crippen LogP) is 1.80. The van der Waals surface area contributed by atoms with Gasteiger partial charge in [-0.2, -0.15) is 0 Å². The number of aromatic nitrogens is 1. The maximum Gasteiger partial charge on any atom is 0.253 e. The standard InChI is InChI=1S/C17H23N3O2/c1-3-10-18-16(22)13-7-8-15(19-11-13)20-12-17(2)9-5-4-6-14(17)21/h1,7-8,11,14,21H,4-6,9-10,12H2,2H3,(H,18,22)(H,19,20). The third-order valence-electron chi connectivity index (χ3n) is 4.33. The minimum absolute atomic E-state index is 0.122. The van der Waals surface area contributed by atoms with E-state index in [1.54, 1.807) is 12.1 Å². The summed E-state index contributed by atoms with van der Waals surface area (Å²) in [4.78, 5) is 16.0. The Morgan fingerprint density at radius 1 is 1.55 bits per heavy atom. The van der Waals surface area contributed by atoms with Crippen LogP contribution in [0, 0.1) is 17.8 Å². The van der Waals surface area contributed by atoms with Gasteiger partial charge in [-0.25, -0.2) is 4.98 Å². The number of amides is 1. The summed E-state index contributed by atoms with van der Waals surface area (Å²) < 4.78 is 0. The molecule has 2 atom stereocenters. The van der Waals surface area contributed by atoms with Crippen LogP contribution in [0.25, 0.3) is 0 Å². The first-order chi connectivity index (χ1) is 10.5. The normalized spacial score (nSPS) is 24.3. The summed E-state index contributed by atoms with van der Waals surface area (Å²) in [6.45, 7) is 2.98. The van der Waals surface area contributed by atoms with Gasteiger partial charge in [-0.3, -0.25) is 4.79 Å². The molecule has 1 aromatic heterocycles. The third-order valence-corrected chi connectivity index (χ3v) is 4.33. The maximum absolute atomic E-state index is 11.7. The molecule has 0 aliphatic heterocycles. The van der Waals surface area contributed by atoms with Gasteiger partial charge in [0.25, 0.3) is 5.91 Å². The summed E-state index contributed by atoms with van der Waals surface area (Å²) in [5, 5.41) is 16.0. The molecular formula is C17H23N3O2. The Labute approximate surface area is 131 Å². The zero-order valence-electron chi connectivity index (χ0n) is 12.9. The topological polar surface area (TPSA) is 74.2 Å². The van der Waals surface area contributed by atoms with Gasteiger partial charge in [0.1, 0.15) is 5.82 Å². The number of hydrogen-bond acceptors (Lipinski definition) is 4. The first kappa shape index (κ1) is 16.3. The van der Waals surface area contributed by atoms with Gasteiger partial charge in [0.15, 0.2) is 0 Å². The fraction of sp³-hybridized carbons (Fsp3) is 0.529. The van der Waals surface area contributed by atoms with Gasteiger partial charge in [-0.15, -0.1) is 6.42 Å². The van der Waals surface area contributed by atoms with Gasteiger partial charge >= 0.3 is 0 Å². The Balaban J connectivity index is 1.91. The molecule has 5 heteroatoms. The summed E-state index contributed by atoms with van der Waals surface area (Å²) >= 11 is 0. The fourth-order valence-corrected chi connectivity index (χ4v) is 2.75. The van der Waals surface area contributed by atoms with E-state index in [4.69, 9.17) is 6.42 Å². The molecule has 1 aliphatic rings. The number of nitrogens with zero attached hydrogens (tertiary/aromatic N) is 1. The Hall–Kier alpha value is -2.06. The summed E-state index contributed by atoms with van der Waals surface area (Å²) in [6, 6.07) is 3.48. The number of hydrogen-bond donors (Lipinski definition) is 3. The highest BCUT2D eigenvalue weighted by Gasteiger charge is 2.35. The van der Waals surface area contributed by atoms with Crippen LogP contribution in [0.15, 0.2) is 18.3 Å². The molecule has 1 heterocycles. The number of aliphatic hydroxyl groups excluding tert-OH is 1. The van der Waals surface area contributed by atoms with Crippen LogP contribution in [0.3, 0.4) is 0 Å². The smallest absolute Gasteiger partial charge is 0.253 e. The number of nitrogens with one attached hydrogen (secondary N) is 2. The van der Waals surface area contributed by atoms with E-state index in [0.717, 1.165) is 25.7 Å². The number of rotatable bonds is 5. The molecule has 0 radical (unpaired) electrons. The maximum atomic E-state index is 11.7. The summed E-state index contributed by atoms with van der Waals surface area (Å²) in [5.41, 5.74) is 0.354. The molecule has 1 saturated carbocycles. The Morgan fingerprint density at radius 2 is 2.36 bits per heavy atom. The average molecular weight is 301 g/mol. The van der Waals surface area contributed by atoms with Gasteiger partial charge in [-0.05, 0) is 25.0 Å². The van der Waals surface area contributed by atoms with Gasteiger partial charge in [-0.1, -0.05) is 25.7 Å². The molecule has 5 nitrogen and oxygen atoms in total. The number of pyridine rings is 1. The lowest BCUT2D eigenvalue weighted by Crippen LogP contribution is -2.41. The minimum Gasteiger partial charge on any atom is -0.392 e. The number of carbonyl (C=O) groups is 1. The molecule has 0 bridgehead atoms. The zero-order valence-corrected chi connectivity index (χ0v) is 12.9. The van der Waals surface area contributed by atoms with Gasteiger partial charge in [0, 0.05) is 18.2 Å². The first-order valence-corrected chi connectivity index (χ1v) is 7.65. The lowest BCUT2D eigenvalue weighted by atomic mass is 9.73. The highest BCUT2D eigenvalue weighted by atomic mass is 16.3. The van der Waals surface area contributed by atoms with Crippen LogP contribution in [-0.2, 0) is 0 Å². The van der Waals surface area contributed by atoms with E-state index in [2.05, 4.69) is 28.5 Å². The molecule has 3 N–H and O–H groups in total. The SMILES string of the molecule is C#CCNC(=O)c1ccc(NCC2(C)CCCCC2O)nc1. The van der Waals surface area contributed by atoms with Crippen molar-refractivity contribution < 1.29 is 9.90 Å².